The van der Waals surface area contributed by atoms with E-state index in [-0.39, 0.29) is 13.8 Å². The van der Waals surface area contributed by atoms with Gasteiger partial charge in [0.15, 0.2) is 0 Å². The van der Waals surface area contributed by atoms with E-state index in [1.165, 1.54) is 64.2 Å². The van der Waals surface area contributed by atoms with Crippen LogP contribution in [0.5, 0.6) is 0 Å². The second-order valence-electron chi connectivity index (χ2n) is 10.7. The van der Waals surface area contributed by atoms with Crippen LogP contribution in [0, 0.1) is 52.0 Å². The first kappa shape index (κ1) is 20.0. The molecule has 0 aromatic carbocycles. The summed E-state index contributed by atoms with van der Waals surface area (Å²) in [6.45, 7) is 5.19. The summed E-state index contributed by atoms with van der Waals surface area (Å²) >= 11 is 0. The van der Waals surface area contributed by atoms with E-state index in [1.807, 2.05) is 0 Å². The molecule has 150 valence electrons. The molecule has 2 nitrogen and oxygen atoms in total. The van der Waals surface area contributed by atoms with E-state index < -0.39 is 0 Å². The monoisotopic (exact) mass is 388 g/mol. The average molecular weight is 389 g/mol. The molecule has 0 N–H and O–H groups in total. The van der Waals surface area contributed by atoms with Crippen LogP contribution in [-0.4, -0.2) is 6.29 Å². The van der Waals surface area contributed by atoms with Gasteiger partial charge in [-0.25, -0.2) is 0 Å². The Bertz CT molecular complexity index is 669. The predicted octanol–water partition coefficient (Wildman–Crippen LogP) is 6.88. The standard InChI is InChI=1S/C24H37O2P/c1-23-13-4-3-7-18(23)8-9-19-21-11-10-20(17(16-27-26)6-5-15-25)24(21,2)14-12-22(19)23/h15,17-22H,3-14H2,1-2H3/t17-,18?,19-,20+,21-,22-,23-,24+/m0/s1. The summed E-state index contributed by atoms with van der Waals surface area (Å²) in [4.78, 5) is 10.9. The third kappa shape index (κ3) is 3.24. The normalized spacial score (nSPS) is 47.1. The van der Waals surface area contributed by atoms with Crippen LogP contribution in [0.1, 0.15) is 90.9 Å². The Balaban J connectivity index is 1.58. The third-order valence-electron chi connectivity index (χ3n) is 9.96. The molecule has 4 aliphatic carbocycles. The van der Waals surface area contributed by atoms with Crippen molar-refractivity contribution in [2.24, 2.45) is 46.3 Å². The number of fused-ring (bicyclic) bond motifs is 5. The number of rotatable bonds is 4. The van der Waals surface area contributed by atoms with E-state index in [0.717, 1.165) is 36.4 Å². The van der Waals surface area contributed by atoms with Crippen molar-refractivity contribution in [1.82, 2.24) is 0 Å². The van der Waals surface area contributed by atoms with Gasteiger partial charge in [0.2, 0.25) is 0 Å². The van der Waals surface area contributed by atoms with Crippen LogP contribution in [0.3, 0.4) is 0 Å². The van der Waals surface area contributed by atoms with E-state index in [0.29, 0.717) is 23.2 Å². The first-order chi connectivity index (χ1) is 13.0. The van der Waals surface area contributed by atoms with E-state index in [9.17, 15) is 9.36 Å². The summed E-state index contributed by atoms with van der Waals surface area (Å²) in [6, 6.07) is 0. The molecule has 27 heavy (non-hydrogen) atoms. The molecular formula is C24H37O2P. The Morgan fingerprint density at radius 3 is 2.59 bits per heavy atom. The molecule has 0 amide bonds. The number of carbonyl (C=O) groups is 1. The van der Waals surface area contributed by atoms with Gasteiger partial charge in [-0.1, -0.05) is 0 Å². The van der Waals surface area contributed by atoms with Gasteiger partial charge in [-0.15, -0.1) is 0 Å². The number of aldehydes is 1. The first-order valence-corrected chi connectivity index (χ1v) is 12.4. The van der Waals surface area contributed by atoms with E-state index in [1.54, 1.807) is 0 Å². The van der Waals surface area contributed by atoms with Crippen LogP contribution in [0.2, 0.25) is 0 Å². The molecule has 0 radical (unpaired) electrons. The zero-order valence-electron chi connectivity index (χ0n) is 17.3. The zero-order chi connectivity index (χ0) is 19.1. The second-order valence-corrected chi connectivity index (χ2v) is 11.1. The molecule has 4 aliphatic rings. The maximum absolute atomic E-state index is 11.3. The van der Waals surface area contributed by atoms with Gasteiger partial charge < -0.3 is 0 Å². The van der Waals surface area contributed by atoms with Gasteiger partial charge in [-0.3, -0.25) is 0 Å². The van der Waals surface area contributed by atoms with Gasteiger partial charge in [0.1, 0.15) is 0 Å². The van der Waals surface area contributed by atoms with Crippen LogP contribution in [-0.2, 0) is 9.36 Å². The van der Waals surface area contributed by atoms with Crippen molar-refractivity contribution < 1.29 is 9.36 Å². The fourth-order valence-electron chi connectivity index (χ4n) is 8.67. The molecule has 0 spiro atoms. The van der Waals surface area contributed by atoms with E-state index >= 15 is 0 Å². The van der Waals surface area contributed by atoms with Gasteiger partial charge >= 0.3 is 166 Å². The molecule has 0 saturated heterocycles. The molecule has 0 heterocycles. The van der Waals surface area contributed by atoms with Crippen LogP contribution in [0.25, 0.3) is 0 Å². The minimum atomic E-state index is 0.0249. The minimum absolute atomic E-state index is 0.0249. The first-order valence-electron chi connectivity index (χ1n) is 11.6. The van der Waals surface area contributed by atoms with Gasteiger partial charge in [0, 0.05) is 0 Å². The van der Waals surface area contributed by atoms with Crippen molar-refractivity contribution in [3.05, 3.63) is 0 Å². The average Bonchev–Trinajstić information content (AvgIpc) is 3.02. The summed E-state index contributed by atoms with van der Waals surface area (Å²) in [5.41, 5.74) is 4.17. The molecule has 4 rings (SSSR count). The Morgan fingerprint density at radius 1 is 1.00 bits per heavy atom. The topological polar surface area (TPSA) is 34.1 Å². The molecule has 0 bridgehead atoms. The van der Waals surface area contributed by atoms with Crippen LogP contribution >= 0.6 is 7.92 Å². The van der Waals surface area contributed by atoms with Crippen molar-refractivity contribution in [3.8, 4) is 5.63 Å². The van der Waals surface area contributed by atoms with Crippen LogP contribution in [0.4, 0.5) is 0 Å². The van der Waals surface area contributed by atoms with Gasteiger partial charge in [-0.2, -0.15) is 0 Å². The molecular weight excluding hydrogens is 351 g/mol. The summed E-state index contributed by atoms with van der Waals surface area (Å²) in [6.07, 6.45) is 16.5. The number of carbonyl (C=O) groups excluding carboxylic acids is 1. The molecule has 1 unspecified atom stereocenters. The van der Waals surface area contributed by atoms with E-state index in [2.05, 4.69) is 19.5 Å². The molecule has 4 fully saturated rings. The van der Waals surface area contributed by atoms with Gasteiger partial charge in [0.05, 0.1) is 0 Å². The summed E-state index contributed by atoms with van der Waals surface area (Å²) in [5, 5.41) is 0. The Morgan fingerprint density at radius 2 is 1.81 bits per heavy atom. The quantitative estimate of drug-likeness (QED) is 0.388. The molecule has 4 saturated carbocycles. The summed E-state index contributed by atoms with van der Waals surface area (Å²) in [7, 11) is 0.0249. The Kier molecular flexibility index (Phi) is 5.80. The molecule has 0 aromatic rings. The zero-order valence-corrected chi connectivity index (χ0v) is 18.2. The van der Waals surface area contributed by atoms with Crippen molar-refractivity contribution in [2.45, 2.75) is 90.9 Å². The van der Waals surface area contributed by atoms with E-state index in [4.69, 9.17) is 0 Å². The molecule has 0 aromatic heterocycles. The maximum atomic E-state index is 11.3. The number of hydrogen-bond acceptors (Lipinski definition) is 2. The van der Waals surface area contributed by atoms with Crippen molar-refractivity contribution in [2.75, 3.05) is 0 Å². The molecule has 8 atom stereocenters. The Labute approximate surface area is 166 Å². The van der Waals surface area contributed by atoms with Crippen molar-refractivity contribution in [1.29, 1.82) is 0 Å². The SMILES string of the molecule is C[C@]12CC[C@H]3[C@@H](CCC4CCCC[C@@]43C)[C@@H]1CC[C@@H]2[C@H](C#P=O)CCC=O. The second kappa shape index (κ2) is 7.84. The fourth-order valence-corrected chi connectivity index (χ4v) is 9.11. The van der Waals surface area contributed by atoms with Crippen LogP contribution < -0.4 is 0 Å². The van der Waals surface area contributed by atoms with Crippen molar-refractivity contribution >= 4 is 14.2 Å². The predicted molar refractivity (Wildman–Crippen MR) is 110 cm³/mol. The number of hydrogen-bond donors (Lipinski definition) is 0. The fraction of sp³-hybridized carbons (Fsp3) is 0.917. The summed E-state index contributed by atoms with van der Waals surface area (Å²) < 4.78 is 11.3. The Hall–Kier alpha value is -0.320. The third-order valence-corrected chi connectivity index (χ3v) is 10.4. The molecule has 3 heteroatoms. The van der Waals surface area contributed by atoms with Crippen molar-refractivity contribution in [3.63, 3.8) is 0 Å². The summed E-state index contributed by atoms with van der Waals surface area (Å²) in [5.74, 6) is 4.46. The van der Waals surface area contributed by atoms with Gasteiger partial charge in [0.25, 0.3) is 0 Å². The van der Waals surface area contributed by atoms with Gasteiger partial charge in [-0.05, 0) is 0 Å². The molecule has 0 aliphatic heterocycles. The van der Waals surface area contributed by atoms with Crippen LogP contribution in [0.15, 0.2) is 0 Å².